The summed E-state index contributed by atoms with van der Waals surface area (Å²) >= 11 is 0. The summed E-state index contributed by atoms with van der Waals surface area (Å²) in [7, 11) is -4.51. The molecule has 19 heavy (non-hydrogen) atoms. The maximum absolute atomic E-state index is 12.0. The molecule has 0 aromatic heterocycles. The molecule has 0 radical (unpaired) electrons. The third kappa shape index (κ3) is 5.91. The van der Waals surface area contributed by atoms with E-state index in [1.165, 1.54) is 4.90 Å². The smallest absolute Gasteiger partial charge is 0.444 e. The summed E-state index contributed by atoms with van der Waals surface area (Å²) in [6.45, 7) is 7.59. The molecule has 7 nitrogen and oxygen atoms in total. The van der Waals surface area contributed by atoms with E-state index in [0.717, 1.165) is 0 Å². The second-order valence-electron chi connectivity index (χ2n) is 5.91. The first-order valence-corrected chi connectivity index (χ1v) is 7.70. The fourth-order valence-corrected chi connectivity index (χ4v) is 2.40. The van der Waals surface area contributed by atoms with Crippen LogP contribution in [0.25, 0.3) is 0 Å². The van der Waals surface area contributed by atoms with E-state index in [1.807, 2.05) is 6.92 Å². The first kappa shape index (κ1) is 16.4. The highest BCUT2D eigenvalue weighted by atomic mass is 31.2. The highest BCUT2D eigenvalue weighted by molar-refractivity contribution is 7.46. The maximum Gasteiger partial charge on any atom is 0.469 e. The van der Waals surface area contributed by atoms with Gasteiger partial charge in [0, 0.05) is 6.54 Å². The molecular weight excluding hydrogens is 273 g/mol. The van der Waals surface area contributed by atoms with Gasteiger partial charge in [-0.1, -0.05) is 6.92 Å². The van der Waals surface area contributed by atoms with Crippen molar-refractivity contribution in [1.29, 1.82) is 0 Å². The molecule has 1 rings (SSSR count). The van der Waals surface area contributed by atoms with Crippen molar-refractivity contribution in [3.05, 3.63) is 0 Å². The molecule has 0 aromatic rings. The van der Waals surface area contributed by atoms with Crippen LogP contribution in [0.15, 0.2) is 0 Å². The second-order valence-corrected chi connectivity index (χ2v) is 7.15. The number of hydrogen-bond acceptors (Lipinski definition) is 4. The minimum Gasteiger partial charge on any atom is -0.444 e. The number of rotatable bonds is 3. The quantitative estimate of drug-likeness (QED) is 0.770. The number of carbonyl (C=O) groups is 1. The lowest BCUT2D eigenvalue weighted by molar-refractivity contribution is 0.0169. The zero-order valence-corrected chi connectivity index (χ0v) is 12.6. The van der Waals surface area contributed by atoms with Crippen LogP contribution in [0.2, 0.25) is 0 Å². The SMILES string of the molecule is CC1C[C@@H](COP(=O)(O)O)N(C(=O)OC(C)(C)C)C1. The van der Waals surface area contributed by atoms with Crippen LogP contribution in [-0.2, 0) is 13.8 Å². The molecule has 0 bridgehead atoms. The van der Waals surface area contributed by atoms with Crippen molar-refractivity contribution in [2.75, 3.05) is 13.2 Å². The van der Waals surface area contributed by atoms with Crippen molar-refractivity contribution >= 4 is 13.9 Å². The summed E-state index contributed by atoms with van der Waals surface area (Å²) in [5.41, 5.74) is -0.600. The van der Waals surface area contributed by atoms with Crippen LogP contribution in [0, 0.1) is 5.92 Å². The Morgan fingerprint density at radius 3 is 2.47 bits per heavy atom. The summed E-state index contributed by atoms with van der Waals surface area (Å²) in [5, 5.41) is 0. The number of ether oxygens (including phenoxy) is 1. The number of phosphoric ester groups is 1. The van der Waals surface area contributed by atoms with Gasteiger partial charge in [-0.05, 0) is 33.1 Å². The van der Waals surface area contributed by atoms with Gasteiger partial charge in [-0.25, -0.2) is 9.36 Å². The molecule has 1 heterocycles. The van der Waals surface area contributed by atoms with Gasteiger partial charge in [0.25, 0.3) is 0 Å². The van der Waals surface area contributed by atoms with Gasteiger partial charge in [-0.2, -0.15) is 0 Å². The molecule has 1 aliphatic heterocycles. The predicted octanol–water partition coefficient (Wildman–Crippen LogP) is 1.74. The van der Waals surface area contributed by atoms with Crippen molar-refractivity contribution in [1.82, 2.24) is 4.90 Å². The van der Waals surface area contributed by atoms with E-state index in [2.05, 4.69) is 4.52 Å². The molecule has 1 aliphatic rings. The average molecular weight is 295 g/mol. The molecule has 2 atom stereocenters. The Morgan fingerprint density at radius 2 is 2.00 bits per heavy atom. The molecule has 1 saturated heterocycles. The van der Waals surface area contributed by atoms with Crippen LogP contribution in [0.5, 0.6) is 0 Å². The summed E-state index contributed by atoms with van der Waals surface area (Å²) in [5.74, 6) is 0.248. The van der Waals surface area contributed by atoms with Gasteiger partial charge in [0.05, 0.1) is 12.6 Å². The molecule has 8 heteroatoms. The first-order chi connectivity index (χ1) is 8.48. The molecule has 1 amide bonds. The predicted molar refractivity (Wildman–Crippen MR) is 68.5 cm³/mol. The third-order valence-electron chi connectivity index (χ3n) is 2.69. The van der Waals surface area contributed by atoms with Crippen molar-refractivity contribution in [2.24, 2.45) is 5.92 Å². The lowest BCUT2D eigenvalue weighted by atomic mass is 10.1. The zero-order chi connectivity index (χ0) is 14.8. The van der Waals surface area contributed by atoms with Crippen LogP contribution < -0.4 is 0 Å². The fourth-order valence-electron chi connectivity index (χ4n) is 2.04. The van der Waals surface area contributed by atoms with Gasteiger partial charge < -0.3 is 19.4 Å². The van der Waals surface area contributed by atoms with Gasteiger partial charge in [0.1, 0.15) is 5.60 Å². The molecular formula is C11H22NO6P. The molecule has 1 fully saturated rings. The minimum absolute atomic E-state index is 0.187. The Hall–Kier alpha value is -0.620. The Bertz CT molecular complexity index is 374. The topological polar surface area (TPSA) is 96.3 Å². The van der Waals surface area contributed by atoms with Gasteiger partial charge in [0.15, 0.2) is 0 Å². The van der Waals surface area contributed by atoms with E-state index in [4.69, 9.17) is 14.5 Å². The van der Waals surface area contributed by atoms with E-state index >= 15 is 0 Å². The lowest BCUT2D eigenvalue weighted by Gasteiger charge is -2.28. The van der Waals surface area contributed by atoms with Crippen LogP contribution >= 0.6 is 7.82 Å². The van der Waals surface area contributed by atoms with Gasteiger partial charge in [-0.15, -0.1) is 0 Å². The molecule has 0 aromatic carbocycles. The summed E-state index contributed by atoms with van der Waals surface area (Å²) in [6.07, 6.45) is 0.162. The van der Waals surface area contributed by atoms with Crippen LogP contribution in [0.1, 0.15) is 34.1 Å². The number of carbonyl (C=O) groups excluding carboxylic acids is 1. The molecule has 0 aliphatic carbocycles. The Morgan fingerprint density at radius 1 is 1.42 bits per heavy atom. The van der Waals surface area contributed by atoms with Crippen molar-refractivity contribution in [3.63, 3.8) is 0 Å². The Kier molecular flexibility index (Phi) is 5.01. The summed E-state index contributed by atoms with van der Waals surface area (Å²) < 4.78 is 20.5. The zero-order valence-electron chi connectivity index (χ0n) is 11.7. The van der Waals surface area contributed by atoms with E-state index < -0.39 is 19.5 Å². The van der Waals surface area contributed by atoms with Crippen molar-refractivity contribution in [3.8, 4) is 0 Å². The van der Waals surface area contributed by atoms with Crippen molar-refractivity contribution < 1.29 is 28.4 Å². The average Bonchev–Trinajstić information content (AvgIpc) is 2.53. The Balaban J connectivity index is 2.64. The van der Waals surface area contributed by atoms with Crippen molar-refractivity contribution in [2.45, 2.75) is 45.8 Å². The molecule has 0 saturated carbocycles. The summed E-state index contributed by atoms with van der Waals surface area (Å²) in [4.78, 5) is 30.9. The normalized spacial score (nSPS) is 24.6. The van der Waals surface area contributed by atoms with Crippen LogP contribution in [-0.4, -0.2) is 45.6 Å². The van der Waals surface area contributed by atoms with Gasteiger partial charge in [-0.3, -0.25) is 4.52 Å². The van der Waals surface area contributed by atoms with Crippen LogP contribution in [0.4, 0.5) is 4.79 Å². The summed E-state index contributed by atoms with van der Waals surface area (Å²) in [6, 6.07) is -0.363. The number of phosphoric acid groups is 1. The number of likely N-dealkylation sites (tertiary alicyclic amines) is 1. The van der Waals surface area contributed by atoms with Gasteiger partial charge >= 0.3 is 13.9 Å². The number of nitrogens with zero attached hydrogens (tertiary/aromatic N) is 1. The van der Waals surface area contributed by atoms with E-state index in [9.17, 15) is 9.36 Å². The lowest BCUT2D eigenvalue weighted by Crippen LogP contribution is -2.41. The maximum atomic E-state index is 12.0. The molecule has 1 unspecified atom stereocenters. The van der Waals surface area contributed by atoms with Crippen LogP contribution in [0.3, 0.4) is 0 Å². The largest absolute Gasteiger partial charge is 0.469 e. The minimum atomic E-state index is -4.51. The number of hydrogen-bond donors (Lipinski definition) is 2. The number of amides is 1. The van der Waals surface area contributed by atoms with E-state index in [-0.39, 0.29) is 18.6 Å². The van der Waals surface area contributed by atoms with E-state index in [1.54, 1.807) is 20.8 Å². The molecule has 0 spiro atoms. The molecule has 112 valence electrons. The standard InChI is InChI=1S/C11H22NO6P/c1-8-5-9(7-17-19(14,15)16)12(6-8)10(13)18-11(2,3)4/h8-9H,5-7H2,1-4H3,(H2,14,15,16)/t8?,9-/m0/s1. The third-order valence-corrected chi connectivity index (χ3v) is 3.17. The molecule has 2 N–H and O–H groups in total. The van der Waals surface area contributed by atoms with E-state index in [0.29, 0.717) is 13.0 Å². The highest BCUT2D eigenvalue weighted by Gasteiger charge is 2.36. The first-order valence-electron chi connectivity index (χ1n) is 6.17. The van der Waals surface area contributed by atoms with Gasteiger partial charge in [0.2, 0.25) is 0 Å². The monoisotopic (exact) mass is 295 g/mol. The second kappa shape index (κ2) is 5.79. The highest BCUT2D eigenvalue weighted by Crippen LogP contribution is 2.37. The Labute approximate surface area is 113 Å². The fraction of sp³-hybridized carbons (Fsp3) is 0.909.